The Morgan fingerprint density at radius 2 is 2.29 bits per heavy atom. The van der Waals surface area contributed by atoms with E-state index in [4.69, 9.17) is 5.11 Å². The van der Waals surface area contributed by atoms with Crippen LogP contribution in [0.1, 0.15) is 5.82 Å². The van der Waals surface area contributed by atoms with Gasteiger partial charge in [-0.05, 0) is 9.91 Å². The van der Waals surface area contributed by atoms with Gasteiger partial charge < -0.3 is 20.5 Å². The molecule has 17 heavy (non-hydrogen) atoms. The number of carbonyl (C=O) groups is 2. The zero-order valence-electron chi connectivity index (χ0n) is 8.91. The van der Waals surface area contributed by atoms with Crippen molar-refractivity contribution in [1.82, 2.24) is 14.9 Å². The number of rotatable bonds is 5. The minimum atomic E-state index is -1.16. The van der Waals surface area contributed by atoms with Crippen molar-refractivity contribution in [2.75, 3.05) is 6.54 Å². The fourth-order valence-corrected chi connectivity index (χ4v) is 1.12. The monoisotopic (exact) mass is 242 g/mol. The highest BCUT2D eigenvalue weighted by atomic mass is 16.6. The van der Waals surface area contributed by atoms with Crippen molar-refractivity contribution in [3.63, 3.8) is 0 Å². The topological polar surface area (TPSA) is 127 Å². The average molecular weight is 242 g/mol. The van der Waals surface area contributed by atoms with Crippen LogP contribution < -0.4 is 5.32 Å². The molecule has 0 aliphatic heterocycles. The number of carboxylic acid groups (broad SMARTS) is 1. The third-order valence-electron chi connectivity index (χ3n) is 1.90. The summed E-state index contributed by atoms with van der Waals surface area (Å²) in [5.41, 5.74) is 0. The summed E-state index contributed by atoms with van der Waals surface area (Å²) in [5, 5.41) is 20.9. The van der Waals surface area contributed by atoms with Crippen LogP contribution in [0.5, 0.6) is 0 Å². The first-order chi connectivity index (χ1) is 7.90. The first-order valence-corrected chi connectivity index (χ1v) is 4.57. The summed E-state index contributed by atoms with van der Waals surface area (Å²) < 4.78 is 1.27. The van der Waals surface area contributed by atoms with Crippen LogP contribution in [0.3, 0.4) is 0 Å². The van der Waals surface area contributed by atoms with Crippen LogP contribution in [0, 0.1) is 17.0 Å². The summed E-state index contributed by atoms with van der Waals surface area (Å²) in [6.07, 6.45) is 1.12. The smallest absolute Gasteiger partial charge is 0.381 e. The molecule has 1 amide bonds. The number of carboxylic acids is 1. The summed E-state index contributed by atoms with van der Waals surface area (Å²) in [4.78, 5) is 34.8. The molecule has 0 fully saturated rings. The van der Waals surface area contributed by atoms with Crippen LogP contribution in [0.15, 0.2) is 6.20 Å². The van der Waals surface area contributed by atoms with Crippen molar-refractivity contribution in [1.29, 1.82) is 0 Å². The molecule has 9 nitrogen and oxygen atoms in total. The first kappa shape index (κ1) is 12.6. The number of nitrogens with zero attached hydrogens (tertiary/aromatic N) is 3. The maximum Gasteiger partial charge on any atom is 0.381 e. The van der Waals surface area contributed by atoms with Gasteiger partial charge in [0, 0.05) is 6.92 Å². The lowest BCUT2D eigenvalue weighted by Crippen LogP contribution is -2.32. The number of amides is 1. The quantitative estimate of drug-likeness (QED) is 0.519. The second-order valence-corrected chi connectivity index (χ2v) is 3.20. The molecule has 1 aromatic heterocycles. The second-order valence-electron chi connectivity index (χ2n) is 3.20. The van der Waals surface area contributed by atoms with Gasteiger partial charge in [-0.25, -0.2) is 0 Å². The van der Waals surface area contributed by atoms with E-state index in [2.05, 4.69) is 10.3 Å². The van der Waals surface area contributed by atoms with Gasteiger partial charge in [0.15, 0.2) is 0 Å². The van der Waals surface area contributed by atoms with Crippen LogP contribution >= 0.6 is 0 Å². The maximum atomic E-state index is 11.3. The standard InChI is InChI=1S/C8H10N4O5/c1-5-10-6(12(16)17)3-11(5)4-7(13)9-2-8(14)15/h3H,2,4H2,1H3,(H,9,13)(H,14,15). The number of aromatic nitrogens is 2. The predicted octanol–water partition coefficient (Wildman–Crippen LogP) is -0.699. The van der Waals surface area contributed by atoms with Gasteiger partial charge in [-0.1, -0.05) is 0 Å². The molecule has 1 aromatic rings. The molecule has 0 aliphatic rings. The minimum Gasteiger partial charge on any atom is -0.480 e. The van der Waals surface area contributed by atoms with E-state index in [1.165, 1.54) is 11.5 Å². The lowest BCUT2D eigenvalue weighted by Gasteiger charge is -2.02. The highest BCUT2D eigenvalue weighted by molar-refractivity contribution is 5.80. The van der Waals surface area contributed by atoms with Gasteiger partial charge in [-0.3, -0.25) is 14.2 Å². The SMILES string of the molecule is Cc1nc([N+](=O)[O-])cn1CC(=O)NCC(=O)O. The number of hydrogen-bond donors (Lipinski definition) is 2. The van der Waals surface area contributed by atoms with Gasteiger partial charge in [-0.15, -0.1) is 0 Å². The zero-order valence-corrected chi connectivity index (χ0v) is 8.91. The van der Waals surface area contributed by atoms with Crippen LogP contribution in [0.4, 0.5) is 5.82 Å². The molecular formula is C8H10N4O5. The van der Waals surface area contributed by atoms with Gasteiger partial charge >= 0.3 is 11.8 Å². The Hall–Kier alpha value is -2.45. The van der Waals surface area contributed by atoms with E-state index >= 15 is 0 Å². The van der Waals surface area contributed by atoms with Gasteiger partial charge in [0.25, 0.3) is 0 Å². The number of aryl methyl sites for hydroxylation is 1. The predicted molar refractivity (Wildman–Crippen MR) is 54.3 cm³/mol. The van der Waals surface area contributed by atoms with E-state index in [1.54, 1.807) is 0 Å². The Balaban J connectivity index is 2.65. The van der Waals surface area contributed by atoms with E-state index in [-0.39, 0.29) is 12.4 Å². The molecule has 0 aromatic carbocycles. The molecule has 9 heteroatoms. The minimum absolute atomic E-state index is 0.208. The summed E-state index contributed by atoms with van der Waals surface area (Å²) >= 11 is 0. The van der Waals surface area contributed by atoms with Gasteiger partial charge in [-0.2, -0.15) is 0 Å². The van der Waals surface area contributed by atoms with E-state index in [0.717, 1.165) is 6.20 Å². The van der Waals surface area contributed by atoms with Gasteiger partial charge in [0.1, 0.15) is 19.3 Å². The first-order valence-electron chi connectivity index (χ1n) is 4.57. The molecule has 1 heterocycles. The Morgan fingerprint density at radius 1 is 1.65 bits per heavy atom. The highest BCUT2D eigenvalue weighted by Gasteiger charge is 2.16. The Bertz CT molecular complexity index is 466. The third-order valence-corrected chi connectivity index (χ3v) is 1.90. The average Bonchev–Trinajstić information content (AvgIpc) is 2.58. The van der Waals surface area contributed by atoms with Crippen molar-refractivity contribution >= 4 is 17.7 Å². The molecule has 0 unspecified atom stereocenters. The third kappa shape index (κ3) is 3.55. The Kier molecular flexibility index (Phi) is 3.75. The highest BCUT2D eigenvalue weighted by Crippen LogP contribution is 2.09. The Morgan fingerprint density at radius 3 is 2.76 bits per heavy atom. The largest absolute Gasteiger partial charge is 0.480 e. The molecule has 0 radical (unpaired) electrons. The van der Waals surface area contributed by atoms with Crippen molar-refractivity contribution in [3.05, 3.63) is 22.1 Å². The molecule has 0 atom stereocenters. The molecule has 2 N–H and O–H groups in total. The Labute approximate surface area is 95.2 Å². The summed E-state index contributed by atoms with van der Waals surface area (Å²) in [6.45, 7) is 0.812. The van der Waals surface area contributed by atoms with Crippen LogP contribution in [0.2, 0.25) is 0 Å². The summed E-state index contributed by atoms with van der Waals surface area (Å²) in [6, 6.07) is 0. The van der Waals surface area contributed by atoms with E-state index in [0.29, 0.717) is 5.82 Å². The molecule has 0 bridgehead atoms. The van der Waals surface area contributed by atoms with Crippen molar-refractivity contribution in [2.45, 2.75) is 13.5 Å². The number of imidazole rings is 1. The molecule has 0 aliphatic carbocycles. The molecule has 0 saturated carbocycles. The van der Waals surface area contributed by atoms with Crippen molar-refractivity contribution in [3.8, 4) is 0 Å². The normalized spacial score (nSPS) is 9.94. The van der Waals surface area contributed by atoms with Crippen LogP contribution in [0.25, 0.3) is 0 Å². The molecule has 92 valence electrons. The maximum absolute atomic E-state index is 11.3. The lowest BCUT2D eigenvalue weighted by molar-refractivity contribution is -0.389. The van der Waals surface area contributed by atoms with E-state index < -0.39 is 23.3 Å². The van der Waals surface area contributed by atoms with Crippen molar-refractivity contribution < 1.29 is 19.6 Å². The molecule has 0 spiro atoms. The number of carbonyl (C=O) groups excluding carboxylic acids is 1. The number of nitrogens with one attached hydrogen (secondary N) is 1. The van der Waals surface area contributed by atoms with E-state index in [1.807, 2.05) is 0 Å². The molecule has 0 saturated heterocycles. The number of hydrogen-bond acceptors (Lipinski definition) is 5. The molecular weight excluding hydrogens is 232 g/mol. The van der Waals surface area contributed by atoms with Gasteiger partial charge in [0.05, 0.1) is 0 Å². The van der Waals surface area contributed by atoms with Gasteiger partial charge in [0.2, 0.25) is 11.7 Å². The fourth-order valence-electron chi connectivity index (χ4n) is 1.12. The summed E-state index contributed by atoms with van der Waals surface area (Å²) in [7, 11) is 0. The lowest BCUT2D eigenvalue weighted by atomic mass is 10.5. The van der Waals surface area contributed by atoms with Crippen molar-refractivity contribution in [2.24, 2.45) is 0 Å². The summed E-state index contributed by atoms with van der Waals surface area (Å²) in [5.74, 6) is -1.76. The number of aliphatic carboxylic acids is 1. The zero-order chi connectivity index (χ0) is 13.0. The van der Waals surface area contributed by atoms with E-state index in [9.17, 15) is 19.7 Å². The fraction of sp³-hybridized carbons (Fsp3) is 0.375. The number of nitro groups is 1. The molecule has 1 rings (SSSR count). The van der Waals surface area contributed by atoms with Crippen LogP contribution in [-0.4, -0.2) is 38.0 Å². The second kappa shape index (κ2) is 5.05. The van der Waals surface area contributed by atoms with Crippen LogP contribution in [-0.2, 0) is 16.1 Å².